The van der Waals surface area contributed by atoms with Crippen LogP contribution in [-0.2, 0) is 9.59 Å². The molecule has 1 heterocycles. The largest absolute Gasteiger partial charge is 0.340 e. The molecule has 158 valence electrons. The molecule has 1 N–H and O–H groups in total. The molecule has 0 spiro atoms. The maximum atomic E-state index is 13.3. The van der Waals surface area contributed by atoms with Crippen molar-refractivity contribution in [2.24, 2.45) is 11.8 Å². The highest BCUT2D eigenvalue weighted by Crippen LogP contribution is 2.32. The van der Waals surface area contributed by atoms with Crippen LogP contribution >= 0.6 is 0 Å². The average Bonchev–Trinajstić information content (AvgIpc) is 3.43. The van der Waals surface area contributed by atoms with Gasteiger partial charge >= 0.3 is 0 Å². The molecule has 0 aromatic heterocycles. The molecule has 3 aliphatic rings. The van der Waals surface area contributed by atoms with Crippen molar-refractivity contribution in [3.8, 4) is 0 Å². The number of carbonyl (C=O) groups excluding carboxylic acids is 2. The lowest BCUT2D eigenvalue weighted by molar-refractivity contribution is -0.138. The van der Waals surface area contributed by atoms with E-state index in [0.717, 1.165) is 63.1 Å². The monoisotopic (exact) mass is 397 g/mol. The Labute approximate surface area is 174 Å². The first-order valence-corrected chi connectivity index (χ1v) is 11.5. The quantitative estimate of drug-likeness (QED) is 0.822. The lowest BCUT2D eigenvalue weighted by Gasteiger charge is -2.41. The maximum absolute atomic E-state index is 13.3. The third-order valence-electron chi connectivity index (χ3n) is 7.12. The van der Waals surface area contributed by atoms with Gasteiger partial charge in [-0.2, -0.15) is 0 Å². The van der Waals surface area contributed by atoms with Gasteiger partial charge in [-0.05, 0) is 56.2 Å². The number of carbonyl (C=O) groups is 2. The van der Waals surface area contributed by atoms with Crippen molar-refractivity contribution in [1.29, 1.82) is 0 Å². The van der Waals surface area contributed by atoms with E-state index in [1.165, 1.54) is 25.7 Å². The second-order valence-corrected chi connectivity index (χ2v) is 9.19. The van der Waals surface area contributed by atoms with Gasteiger partial charge in [-0.3, -0.25) is 14.5 Å². The second kappa shape index (κ2) is 9.29. The molecule has 5 nitrogen and oxygen atoms in total. The number of hydrogen-bond acceptors (Lipinski definition) is 3. The fourth-order valence-electron chi connectivity index (χ4n) is 5.54. The molecule has 1 atom stereocenters. The molecule has 3 fully saturated rings. The minimum Gasteiger partial charge on any atom is -0.340 e. The molecule has 1 aromatic carbocycles. The van der Waals surface area contributed by atoms with Crippen molar-refractivity contribution in [2.75, 3.05) is 31.5 Å². The number of aryl methyl sites for hydroxylation is 1. The molecule has 1 aliphatic heterocycles. The zero-order valence-corrected chi connectivity index (χ0v) is 17.7. The SMILES string of the molecule is Cc1cccc(NC(=O)[C@H](C2CCCC2)N2CCN(C(=O)C3CCCC3)CC2)c1. The van der Waals surface area contributed by atoms with Crippen LogP contribution in [-0.4, -0.2) is 53.8 Å². The van der Waals surface area contributed by atoms with Crippen LogP contribution in [0.1, 0.15) is 56.9 Å². The summed E-state index contributed by atoms with van der Waals surface area (Å²) in [6.45, 7) is 5.18. The Kier molecular flexibility index (Phi) is 6.53. The molecule has 1 aromatic rings. The summed E-state index contributed by atoms with van der Waals surface area (Å²) in [5.41, 5.74) is 2.03. The van der Waals surface area contributed by atoms with Crippen molar-refractivity contribution in [1.82, 2.24) is 9.80 Å². The molecule has 2 amide bonds. The second-order valence-electron chi connectivity index (χ2n) is 9.19. The summed E-state index contributed by atoms with van der Waals surface area (Å²) in [6.07, 6.45) is 9.21. The lowest BCUT2D eigenvalue weighted by atomic mass is 9.94. The van der Waals surface area contributed by atoms with E-state index in [1.807, 2.05) is 31.2 Å². The zero-order chi connectivity index (χ0) is 20.2. The normalized spacial score (nSPS) is 22.7. The van der Waals surface area contributed by atoms with Crippen molar-refractivity contribution < 1.29 is 9.59 Å². The Hall–Kier alpha value is -1.88. The summed E-state index contributed by atoms with van der Waals surface area (Å²) in [6, 6.07) is 7.95. The van der Waals surface area contributed by atoms with Gasteiger partial charge in [0.05, 0.1) is 6.04 Å². The third kappa shape index (κ3) is 4.82. The van der Waals surface area contributed by atoms with Crippen LogP contribution in [0, 0.1) is 18.8 Å². The predicted molar refractivity (Wildman–Crippen MR) is 116 cm³/mol. The molecular formula is C24H35N3O2. The van der Waals surface area contributed by atoms with Crippen LogP contribution in [0.5, 0.6) is 0 Å². The highest BCUT2D eigenvalue weighted by Gasteiger charge is 2.38. The Morgan fingerprint density at radius 1 is 0.966 bits per heavy atom. The van der Waals surface area contributed by atoms with Crippen molar-refractivity contribution in [2.45, 2.75) is 64.3 Å². The van der Waals surface area contributed by atoms with Gasteiger partial charge in [0.2, 0.25) is 11.8 Å². The van der Waals surface area contributed by atoms with Crippen LogP contribution in [0.25, 0.3) is 0 Å². The number of piperazine rings is 1. The van der Waals surface area contributed by atoms with Gasteiger partial charge in [0, 0.05) is 37.8 Å². The Morgan fingerprint density at radius 2 is 1.62 bits per heavy atom. The number of amides is 2. The topological polar surface area (TPSA) is 52.7 Å². The van der Waals surface area contributed by atoms with Crippen molar-refractivity contribution in [3.63, 3.8) is 0 Å². The molecule has 5 heteroatoms. The van der Waals surface area contributed by atoms with Gasteiger partial charge in [0.1, 0.15) is 0 Å². The minimum atomic E-state index is -0.0817. The lowest BCUT2D eigenvalue weighted by Crippen LogP contribution is -2.57. The molecule has 2 saturated carbocycles. The summed E-state index contributed by atoms with van der Waals surface area (Å²) < 4.78 is 0. The predicted octanol–water partition coefficient (Wildman–Crippen LogP) is 3.83. The molecule has 2 aliphatic carbocycles. The zero-order valence-electron chi connectivity index (χ0n) is 17.7. The number of rotatable bonds is 5. The molecule has 0 bridgehead atoms. The number of nitrogens with zero attached hydrogens (tertiary/aromatic N) is 2. The van der Waals surface area contributed by atoms with Crippen molar-refractivity contribution in [3.05, 3.63) is 29.8 Å². The van der Waals surface area contributed by atoms with E-state index in [2.05, 4.69) is 15.1 Å². The number of hydrogen-bond donors (Lipinski definition) is 1. The van der Waals surface area contributed by atoms with Gasteiger partial charge in [0.25, 0.3) is 0 Å². The Bertz CT molecular complexity index is 715. The number of anilines is 1. The van der Waals surface area contributed by atoms with E-state index in [1.54, 1.807) is 0 Å². The highest BCUT2D eigenvalue weighted by molar-refractivity contribution is 5.95. The van der Waals surface area contributed by atoms with Crippen LogP contribution in [0.2, 0.25) is 0 Å². The minimum absolute atomic E-state index is 0.0817. The van der Waals surface area contributed by atoms with E-state index in [9.17, 15) is 9.59 Å². The summed E-state index contributed by atoms with van der Waals surface area (Å²) in [7, 11) is 0. The average molecular weight is 398 g/mol. The van der Waals surface area contributed by atoms with E-state index >= 15 is 0 Å². The summed E-state index contributed by atoms with van der Waals surface area (Å²) in [5, 5.41) is 3.17. The summed E-state index contributed by atoms with van der Waals surface area (Å²) in [4.78, 5) is 30.5. The van der Waals surface area contributed by atoms with Gasteiger partial charge in [-0.25, -0.2) is 0 Å². The van der Waals surface area contributed by atoms with E-state index in [4.69, 9.17) is 0 Å². The number of benzene rings is 1. The molecule has 0 unspecified atom stereocenters. The van der Waals surface area contributed by atoms with Crippen molar-refractivity contribution >= 4 is 17.5 Å². The first kappa shape index (κ1) is 20.4. The molecule has 29 heavy (non-hydrogen) atoms. The van der Waals surface area contributed by atoms with Crippen LogP contribution in [0.4, 0.5) is 5.69 Å². The Balaban J connectivity index is 1.40. The first-order valence-electron chi connectivity index (χ1n) is 11.5. The van der Waals surface area contributed by atoms with Gasteiger partial charge < -0.3 is 10.2 Å². The van der Waals surface area contributed by atoms with Crippen LogP contribution in [0.3, 0.4) is 0 Å². The van der Waals surface area contributed by atoms with E-state index < -0.39 is 0 Å². The van der Waals surface area contributed by atoms with Gasteiger partial charge in [-0.15, -0.1) is 0 Å². The number of nitrogens with one attached hydrogen (secondary N) is 1. The first-order chi connectivity index (χ1) is 14.1. The van der Waals surface area contributed by atoms with E-state index in [-0.39, 0.29) is 17.9 Å². The summed E-state index contributed by atoms with van der Waals surface area (Å²) >= 11 is 0. The molecule has 4 rings (SSSR count). The summed E-state index contributed by atoms with van der Waals surface area (Å²) in [5.74, 6) is 1.15. The molecular weight excluding hydrogens is 362 g/mol. The Morgan fingerprint density at radius 3 is 2.28 bits per heavy atom. The van der Waals surface area contributed by atoms with Crippen LogP contribution < -0.4 is 5.32 Å². The smallest absolute Gasteiger partial charge is 0.242 e. The highest BCUT2D eigenvalue weighted by atomic mass is 16.2. The molecule has 0 radical (unpaired) electrons. The van der Waals surface area contributed by atoms with Gasteiger partial charge in [0.15, 0.2) is 0 Å². The van der Waals surface area contributed by atoms with Crippen LogP contribution in [0.15, 0.2) is 24.3 Å². The standard InChI is InChI=1S/C24H35N3O2/c1-18-7-6-12-21(17-18)25-23(28)22(19-8-2-3-9-19)26-13-15-27(16-14-26)24(29)20-10-4-5-11-20/h6-7,12,17,19-20,22H,2-5,8-11,13-16H2,1H3,(H,25,28)/t22-/m0/s1. The third-order valence-corrected chi connectivity index (χ3v) is 7.12. The van der Waals surface area contributed by atoms with E-state index in [0.29, 0.717) is 11.8 Å². The fraction of sp³-hybridized carbons (Fsp3) is 0.667. The van der Waals surface area contributed by atoms with Gasteiger partial charge in [-0.1, -0.05) is 37.8 Å². The maximum Gasteiger partial charge on any atom is 0.242 e. The molecule has 1 saturated heterocycles. The fourth-order valence-corrected chi connectivity index (χ4v) is 5.54.